The molecule has 0 fully saturated rings. The Morgan fingerprint density at radius 1 is 1.07 bits per heavy atom. The predicted octanol–water partition coefficient (Wildman–Crippen LogP) is 2.76. The Kier molecular flexibility index (Phi) is 11.1. The summed E-state index contributed by atoms with van der Waals surface area (Å²) in [7, 11) is -5.98. The van der Waals surface area contributed by atoms with E-state index in [0.717, 1.165) is 5.56 Å². The van der Waals surface area contributed by atoms with Crippen LogP contribution in [0.4, 0.5) is 13.2 Å². The average molecular weight is 458 g/mol. The highest BCUT2D eigenvalue weighted by molar-refractivity contribution is 7.87. The van der Waals surface area contributed by atoms with E-state index in [1.807, 2.05) is 6.92 Å². The molecular weight excluding hydrogens is 433 g/mol. The van der Waals surface area contributed by atoms with E-state index < -0.39 is 34.1 Å². The van der Waals surface area contributed by atoms with E-state index in [4.69, 9.17) is 19.3 Å². The van der Waals surface area contributed by atoms with Crippen LogP contribution < -0.4 is 4.74 Å². The number of carbonyl (C=O) groups is 1. The van der Waals surface area contributed by atoms with E-state index in [1.165, 1.54) is 0 Å². The summed E-state index contributed by atoms with van der Waals surface area (Å²) in [5.41, 5.74) is -4.90. The van der Waals surface area contributed by atoms with Crippen LogP contribution in [0.25, 0.3) is 0 Å². The van der Waals surface area contributed by atoms with Gasteiger partial charge in [0, 0.05) is 6.61 Å². The van der Waals surface area contributed by atoms with Gasteiger partial charge in [-0.05, 0) is 43.9 Å². The van der Waals surface area contributed by atoms with E-state index in [-0.39, 0.29) is 6.42 Å². The first-order valence-corrected chi connectivity index (χ1v) is 10.6. The number of hydrogen-bond acceptors (Lipinski definition) is 7. The minimum atomic E-state index is -5.98. The number of halogens is 3. The van der Waals surface area contributed by atoms with Crippen LogP contribution in [0.3, 0.4) is 0 Å². The molecule has 0 amide bonds. The molecule has 172 valence electrons. The standard InChI is InChI=1S/C18H25F3O8S/c1-2-26-10-11-27-12-13-28-15-8-6-14(7-9-15)4-3-5-16(17(22)23)29-30(24,25)18(19,20)21/h6-9,16H,2-5,10-13H2,1H3,(H,22,23). The number of carboxylic acid groups (broad SMARTS) is 1. The SMILES string of the molecule is CCOCCOCCOc1ccc(CCCC(OS(=O)(=O)C(F)(F)F)C(=O)O)cc1. The van der Waals surface area contributed by atoms with E-state index in [2.05, 4.69) is 4.18 Å². The van der Waals surface area contributed by atoms with Gasteiger partial charge in [0.25, 0.3) is 0 Å². The Morgan fingerprint density at radius 3 is 2.23 bits per heavy atom. The van der Waals surface area contributed by atoms with E-state index >= 15 is 0 Å². The maximum atomic E-state index is 12.3. The first-order chi connectivity index (χ1) is 14.1. The summed E-state index contributed by atoms with van der Waals surface area (Å²) in [6.07, 6.45) is -2.08. The molecule has 12 heteroatoms. The van der Waals surface area contributed by atoms with E-state index in [9.17, 15) is 26.4 Å². The molecule has 0 aliphatic heterocycles. The molecule has 0 radical (unpaired) electrons. The predicted molar refractivity (Wildman–Crippen MR) is 99.7 cm³/mol. The molecule has 30 heavy (non-hydrogen) atoms. The summed E-state index contributed by atoms with van der Waals surface area (Å²) in [6.45, 7) is 4.25. The second kappa shape index (κ2) is 12.7. The Hall–Kier alpha value is -1.89. The number of hydrogen-bond donors (Lipinski definition) is 1. The van der Waals surface area contributed by atoms with Crippen molar-refractivity contribution >= 4 is 16.1 Å². The number of rotatable bonds is 15. The quantitative estimate of drug-likeness (QED) is 0.243. The number of aryl methyl sites for hydroxylation is 1. The minimum absolute atomic E-state index is 0.109. The van der Waals surface area contributed by atoms with Gasteiger partial charge in [-0.3, -0.25) is 0 Å². The summed E-state index contributed by atoms with van der Waals surface area (Å²) in [4.78, 5) is 11.0. The van der Waals surface area contributed by atoms with Gasteiger partial charge in [0.2, 0.25) is 0 Å². The first kappa shape index (κ1) is 26.1. The van der Waals surface area contributed by atoms with Crippen molar-refractivity contribution in [3.8, 4) is 5.75 Å². The summed E-state index contributed by atoms with van der Waals surface area (Å²) in [5, 5.41) is 8.91. The van der Waals surface area contributed by atoms with Gasteiger partial charge in [-0.15, -0.1) is 0 Å². The molecule has 1 rings (SSSR count). The Labute approximate surface area is 173 Å². The van der Waals surface area contributed by atoms with Crippen molar-refractivity contribution < 1.29 is 49.9 Å². The maximum Gasteiger partial charge on any atom is 0.523 e. The summed E-state index contributed by atoms with van der Waals surface area (Å²) in [5.74, 6) is -1.19. The lowest BCUT2D eigenvalue weighted by molar-refractivity contribution is -0.146. The van der Waals surface area contributed by atoms with Gasteiger partial charge in [0.05, 0.1) is 19.8 Å². The van der Waals surface area contributed by atoms with E-state index in [0.29, 0.717) is 45.2 Å². The van der Waals surface area contributed by atoms with Crippen LogP contribution in [0.2, 0.25) is 0 Å². The smallest absolute Gasteiger partial charge is 0.491 e. The van der Waals surface area contributed by atoms with Crippen LogP contribution in [0.15, 0.2) is 24.3 Å². The molecule has 0 spiro atoms. The lowest BCUT2D eigenvalue weighted by Crippen LogP contribution is -2.34. The summed E-state index contributed by atoms with van der Waals surface area (Å²) < 4.78 is 78.7. The van der Waals surface area contributed by atoms with Crippen LogP contribution in [0, 0.1) is 0 Å². The van der Waals surface area contributed by atoms with Crippen LogP contribution >= 0.6 is 0 Å². The average Bonchev–Trinajstić information content (AvgIpc) is 2.66. The zero-order chi connectivity index (χ0) is 22.6. The molecule has 8 nitrogen and oxygen atoms in total. The van der Waals surface area contributed by atoms with Crippen LogP contribution in [0.1, 0.15) is 25.3 Å². The fraction of sp³-hybridized carbons (Fsp3) is 0.611. The Morgan fingerprint density at radius 2 is 1.67 bits per heavy atom. The van der Waals surface area contributed by atoms with Crippen LogP contribution in [-0.2, 0) is 35.0 Å². The van der Waals surface area contributed by atoms with Crippen molar-refractivity contribution in [3.63, 3.8) is 0 Å². The molecule has 1 N–H and O–H groups in total. The van der Waals surface area contributed by atoms with Gasteiger partial charge in [0.1, 0.15) is 12.4 Å². The lowest BCUT2D eigenvalue weighted by Gasteiger charge is -2.15. The molecule has 1 aromatic carbocycles. The van der Waals surface area contributed by atoms with Crippen molar-refractivity contribution in [1.29, 1.82) is 0 Å². The van der Waals surface area contributed by atoms with Crippen molar-refractivity contribution in [2.75, 3.05) is 33.0 Å². The molecule has 0 saturated carbocycles. The molecule has 0 bridgehead atoms. The van der Waals surface area contributed by atoms with Gasteiger partial charge in [-0.1, -0.05) is 12.1 Å². The molecular formula is C18H25F3O8S. The van der Waals surface area contributed by atoms with Crippen molar-refractivity contribution in [2.24, 2.45) is 0 Å². The highest BCUT2D eigenvalue weighted by Crippen LogP contribution is 2.27. The molecule has 0 aliphatic carbocycles. The molecule has 0 aromatic heterocycles. The molecule has 1 aromatic rings. The largest absolute Gasteiger partial charge is 0.523 e. The van der Waals surface area contributed by atoms with Crippen molar-refractivity contribution in [2.45, 2.75) is 37.8 Å². The molecule has 1 atom stereocenters. The number of benzene rings is 1. The second-order valence-electron chi connectivity index (χ2n) is 6.02. The molecule has 1 unspecified atom stereocenters. The van der Waals surface area contributed by atoms with Gasteiger partial charge < -0.3 is 19.3 Å². The van der Waals surface area contributed by atoms with Gasteiger partial charge >= 0.3 is 21.6 Å². The third kappa shape index (κ3) is 9.74. The maximum absolute atomic E-state index is 12.3. The Balaban J connectivity index is 2.39. The summed E-state index contributed by atoms with van der Waals surface area (Å²) >= 11 is 0. The van der Waals surface area contributed by atoms with E-state index in [1.54, 1.807) is 24.3 Å². The number of aliphatic carboxylic acids is 1. The first-order valence-electron chi connectivity index (χ1n) is 9.16. The summed E-state index contributed by atoms with van der Waals surface area (Å²) in [6, 6.07) is 6.81. The second-order valence-corrected chi connectivity index (χ2v) is 7.58. The van der Waals surface area contributed by atoms with Gasteiger partial charge in [-0.2, -0.15) is 21.6 Å². The molecule has 0 heterocycles. The number of carboxylic acids is 1. The lowest BCUT2D eigenvalue weighted by atomic mass is 10.1. The highest BCUT2D eigenvalue weighted by atomic mass is 32.2. The Bertz CT molecular complexity index is 735. The molecule has 0 saturated heterocycles. The topological polar surface area (TPSA) is 108 Å². The van der Waals surface area contributed by atoms with Crippen LogP contribution in [-0.4, -0.2) is 64.1 Å². The zero-order valence-corrected chi connectivity index (χ0v) is 17.2. The fourth-order valence-electron chi connectivity index (χ4n) is 2.25. The minimum Gasteiger partial charge on any atom is -0.491 e. The van der Waals surface area contributed by atoms with Crippen molar-refractivity contribution in [3.05, 3.63) is 29.8 Å². The normalized spacial score (nSPS) is 13.2. The van der Waals surface area contributed by atoms with Crippen molar-refractivity contribution in [1.82, 2.24) is 0 Å². The van der Waals surface area contributed by atoms with Crippen LogP contribution in [0.5, 0.6) is 5.75 Å². The molecule has 0 aliphatic rings. The van der Waals surface area contributed by atoms with Gasteiger partial charge in [0.15, 0.2) is 6.10 Å². The highest BCUT2D eigenvalue weighted by Gasteiger charge is 2.49. The third-order valence-corrected chi connectivity index (χ3v) is 4.78. The third-order valence-electron chi connectivity index (χ3n) is 3.73. The number of alkyl halides is 3. The zero-order valence-electron chi connectivity index (χ0n) is 16.4. The monoisotopic (exact) mass is 458 g/mol. The number of ether oxygens (including phenoxy) is 3. The fourth-order valence-corrected chi connectivity index (χ4v) is 2.84. The van der Waals surface area contributed by atoms with Gasteiger partial charge in [-0.25, -0.2) is 8.98 Å².